The van der Waals surface area contributed by atoms with Gasteiger partial charge in [0.05, 0.1) is 11.1 Å². The standard InChI is InChI=1S/C19H18N4O/c1-14-11-16(13-20)18(21-22-23-9-5-6-10-23)17(12-14)19(24)15-7-3-2-4-8-15/h2-4,7-8,11-12H,5-6,9-10H2,1H3. The Bertz CT molecular complexity index is 815. The molecule has 0 aromatic heterocycles. The van der Waals surface area contributed by atoms with E-state index in [2.05, 4.69) is 16.4 Å². The highest BCUT2D eigenvalue weighted by atomic mass is 16.1. The number of benzene rings is 2. The Balaban J connectivity index is 2.05. The van der Waals surface area contributed by atoms with Crippen LogP contribution in [0.5, 0.6) is 0 Å². The first-order chi connectivity index (χ1) is 11.7. The average Bonchev–Trinajstić information content (AvgIpc) is 3.13. The molecule has 0 bridgehead atoms. The molecule has 0 spiro atoms. The fourth-order valence-corrected chi connectivity index (χ4v) is 2.79. The topological polar surface area (TPSA) is 68.8 Å². The van der Waals surface area contributed by atoms with Crippen molar-refractivity contribution in [1.82, 2.24) is 5.01 Å². The molecule has 1 aliphatic heterocycles. The molecule has 0 aliphatic carbocycles. The highest BCUT2D eigenvalue weighted by molar-refractivity contribution is 6.12. The van der Waals surface area contributed by atoms with Crippen molar-refractivity contribution in [2.75, 3.05) is 13.1 Å². The number of aryl methyl sites for hydroxylation is 1. The Morgan fingerprint density at radius 1 is 1.17 bits per heavy atom. The summed E-state index contributed by atoms with van der Waals surface area (Å²) >= 11 is 0. The summed E-state index contributed by atoms with van der Waals surface area (Å²) in [5.74, 6) is -0.147. The maximum absolute atomic E-state index is 12.9. The number of hydrogen-bond acceptors (Lipinski definition) is 4. The minimum atomic E-state index is -0.147. The van der Waals surface area contributed by atoms with E-state index >= 15 is 0 Å². The summed E-state index contributed by atoms with van der Waals surface area (Å²) in [5.41, 5.74) is 2.57. The van der Waals surface area contributed by atoms with Gasteiger partial charge in [-0.15, -0.1) is 5.11 Å². The van der Waals surface area contributed by atoms with Crippen molar-refractivity contribution in [3.63, 3.8) is 0 Å². The summed E-state index contributed by atoms with van der Waals surface area (Å²) in [6.45, 7) is 3.59. The molecule has 0 atom stereocenters. The summed E-state index contributed by atoms with van der Waals surface area (Å²) in [6.07, 6.45) is 2.18. The summed E-state index contributed by atoms with van der Waals surface area (Å²) in [6, 6.07) is 14.7. The molecule has 3 rings (SSSR count). The zero-order chi connectivity index (χ0) is 16.9. The summed E-state index contributed by atoms with van der Waals surface area (Å²) in [5, 5.41) is 19.8. The number of nitriles is 1. The minimum absolute atomic E-state index is 0.147. The maximum atomic E-state index is 12.9. The number of rotatable bonds is 4. The number of carbonyl (C=O) groups is 1. The molecule has 1 heterocycles. The van der Waals surface area contributed by atoms with Crippen LogP contribution in [0, 0.1) is 18.3 Å². The van der Waals surface area contributed by atoms with E-state index in [4.69, 9.17) is 0 Å². The fourth-order valence-electron chi connectivity index (χ4n) is 2.79. The SMILES string of the molecule is Cc1cc(C#N)c(N=NN2CCCC2)c(C(=O)c2ccccc2)c1. The molecule has 5 nitrogen and oxygen atoms in total. The van der Waals surface area contributed by atoms with Gasteiger partial charge in [0.15, 0.2) is 5.78 Å². The van der Waals surface area contributed by atoms with Crippen LogP contribution in [0.15, 0.2) is 52.8 Å². The molecule has 0 radical (unpaired) electrons. The molecule has 5 heteroatoms. The molecular formula is C19H18N4O. The number of hydrogen-bond donors (Lipinski definition) is 0. The van der Waals surface area contributed by atoms with Crippen LogP contribution in [0.2, 0.25) is 0 Å². The summed E-state index contributed by atoms with van der Waals surface area (Å²) in [4.78, 5) is 12.9. The van der Waals surface area contributed by atoms with Crippen LogP contribution < -0.4 is 0 Å². The third kappa shape index (κ3) is 3.33. The minimum Gasteiger partial charge on any atom is -0.289 e. The van der Waals surface area contributed by atoms with Crippen molar-refractivity contribution < 1.29 is 4.79 Å². The van der Waals surface area contributed by atoms with E-state index < -0.39 is 0 Å². The van der Waals surface area contributed by atoms with Crippen LogP contribution in [-0.2, 0) is 0 Å². The van der Waals surface area contributed by atoms with Gasteiger partial charge in [-0.2, -0.15) is 5.26 Å². The summed E-state index contributed by atoms with van der Waals surface area (Å²) < 4.78 is 0. The molecular weight excluding hydrogens is 300 g/mol. The van der Waals surface area contributed by atoms with Gasteiger partial charge in [-0.1, -0.05) is 35.6 Å². The third-order valence-electron chi connectivity index (χ3n) is 4.01. The fraction of sp³-hybridized carbons (Fsp3) is 0.263. The normalized spacial score (nSPS) is 14.1. The maximum Gasteiger partial charge on any atom is 0.195 e. The zero-order valence-corrected chi connectivity index (χ0v) is 13.6. The number of carbonyl (C=O) groups excluding carboxylic acids is 1. The van der Waals surface area contributed by atoms with Crippen molar-refractivity contribution in [2.45, 2.75) is 19.8 Å². The molecule has 24 heavy (non-hydrogen) atoms. The molecule has 1 fully saturated rings. The molecule has 2 aromatic rings. The summed E-state index contributed by atoms with van der Waals surface area (Å²) in [7, 11) is 0. The van der Waals surface area contributed by atoms with E-state index in [9.17, 15) is 10.1 Å². The molecule has 1 aliphatic rings. The third-order valence-corrected chi connectivity index (χ3v) is 4.01. The highest BCUT2D eigenvalue weighted by Crippen LogP contribution is 2.29. The van der Waals surface area contributed by atoms with Gasteiger partial charge in [0, 0.05) is 18.7 Å². The van der Waals surface area contributed by atoms with Gasteiger partial charge in [-0.05, 0) is 37.5 Å². The van der Waals surface area contributed by atoms with E-state index in [1.807, 2.05) is 30.1 Å². The average molecular weight is 318 g/mol. The smallest absolute Gasteiger partial charge is 0.195 e. The van der Waals surface area contributed by atoms with Gasteiger partial charge in [0.1, 0.15) is 11.8 Å². The quantitative estimate of drug-likeness (QED) is 0.627. The van der Waals surface area contributed by atoms with E-state index in [0.29, 0.717) is 22.4 Å². The van der Waals surface area contributed by atoms with E-state index in [-0.39, 0.29) is 5.78 Å². The van der Waals surface area contributed by atoms with Crippen molar-refractivity contribution in [1.29, 1.82) is 5.26 Å². The van der Waals surface area contributed by atoms with E-state index in [1.54, 1.807) is 24.3 Å². The Morgan fingerprint density at radius 2 is 1.88 bits per heavy atom. The lowest BCUT2D eigenvalue weighted by molar-refractivity contribution is 0.103. The lowest BCUT2D eigenvalue weighted by Crippen LogP contribution is -2.10. The van der Waals surface area contributed by atoms with Gasteiger partial charge >= 0.3 is 0 Å². The predicted molar refractivity (Wildman–Crippen MR) is 91.1 cm³/mol. The van der Waals surface area contributed by atoms with Crippen molar-refractivity contribution in [3.8, 4) is 6.07 Å². The van der Waals surface area contributed by atoms with Crippen LogP contribution >= 0.6 is 0 Å². The largest absolute Gasteiger partial charge is 0.289 e. The Morgan fingerprint density at radius 3 is 2.54 bits per heavy atom. The first-order valence-corrected chi connectivity index (χ1v) is 8.00. The van der Waals surface area contributed by atoms with Crippen LogP contribution in [0.1, 0.15) is 39.9 Å². The van der Waals surface area contributed by atoms with Crippen molar-refractivity contribution in [3.05, 3.63) is 64.7 Å². The lowest BCUT2D eigenvalue weighted by Gasteiger charge is -2.10. The van der Waals surface area contributed by atoms with Crippen molar-refractivity contribution >= 4 is 11.5 Å². The molecule has 2 aromatic carbocycles. The van der Waals surface area contributed by atoms with E-state index in [1.165, 1.54) is 0 Å². The van der Waals surface area contributed by atoms with Gasteiger partial charge in [-0.3, -0.25) is 9.80 Å². The Hall–Kier alpha value is -3.00. The molecule has 0 amide bonds. The molecule has 0 saturated carbocycles. The first-order valence-electron chi connectivity index (χ1n) is 8.00. The van der Waals surface area contributed by atoms with Gasteiger partial charge in [0.2, 0.25) is 0 Å². The number of nitrogens with zero attached hydrogens (tertiary/aromatic N) is 4. The van der Waals surface area contributed by atoms with E-state index in [0.717, 1.165) is 31.5 Å². The lowest BCUT2D eigenvalue weighted by atomic mass is 9.97. The second kappa shape index (κ2) is 7.05. The predicted octanol–water partition coefficient (Wildman–Crippen LogP) is 4.19. The second-order valence-corrected chi connectivity index (χ2v) is 5.87. The molecule has 0 N–H and O–H groups in total. The highest BCUT2D eigenvalue weighted by Gasteiger charge is 2.18. The Labute approximate surface area is 141 Å². The van der Waals surface area contributed by atoms with Gasteiger partial charge in [0.25, 0.3) is 0 Å². The Kier molecular flexibility index (Phi) is 4.66. The van der Waals surface area contributed by atoms with Gasteiger partial charge < -0.3 is 0 Å². The monoisotopic (exact) mass is 318 g/mol. The zero-order valence-electron chi connectivity index (χ0n) is 13.6. The van der Waals surface area contributed by atoms with Crippen LogP contribution in [0.25, 0.3) is 0 Å². The molecule has 0 unspecified atom stereocenters. The first kappa shape index (κ1) is 15.9. The van der Waals surface area contributed by atoms with Crippen LogP contribution in [0.3, 0.4) is 0 Å². The molecule has 1 saturated heterocycles. The van der Waals surface area contributed by atoms with Crippen LogP contribution in [-0.4, -0.2) is 23.9 Å². The van der Waals surface area contributed by atoms with Crippen molar-refractivity contribution in [2.24, 2.45) is 10.3 Å². The number of ketones is 1. The second-order valence-electron chi connectivity index (χ2n) is 5.87. The van der Waals surface area contributed by atoms with Gasteiger partial charge in [-0.25, -0.2) is 0 Å². The van der Waals surface area contributed by atoms with Crippen LogP contribution in [0.4, 0.5) is 5.69 Å². The molecule has 120 valence electrons.